The topological polar surface area (TPSA) is 46.4 Å². The largest absolute Gasteiger partial charge is 0.322 e. The van der Waals surface area contributed by atoms with Crippen molar-refractivity contribution in [1.82, 2.24) is 9.38 Å². The lowest BCUT2D eigenvalue weighted by Gasteiger charge is -2.10. The molecule has 100 valence electrons. The van der Waals surface area contributed by atoms with Crippen LogP contribution >= 0.6 is 0 Å². The van der Waals surface area contributed by atoms with Crippen LogP contribution in [-0.2, 0) is 6.42 Å². The number of aromatic nitrogens is 2. The van der Waals surface area contributed by atoms with Crippen LogP contribution in [0.4, 0.5) is 5.69 Å². The minimum Gasteiger partial charge on any atom is -0.322 e. The second kappa shape index (κ2) is 5.17. The lowest BCUT2D eigenvalue weighted by atomic mass is 10.1. The second-order valence-corrected chi connectivity index (χ2v) is 4.54. The third kappa shape index (κ3) is 2.16. The van der Waals surface area contributed by atoms with Crippen molar-refractivity contribution >= 4 is 17.2 Å². The minimum absolute atomic E-state index is 0.136. The van der Waals surface area contributed by atoms with Crippen molar-refractivity contribution in [3.8, 4) is 0 Å². The monoisotopic (exact) mass is 265 g/mol. The molecule has 0 saturated carbocycles. The minimum atomic E-state index is -0.136. The maximum atomic E-state index is 12.4. The van der Waals surface area contributed by atoms with Crippen molar-refractivity contribution in [3.05, 3.63) is 66.1 Å². The fraction of sp³-hybridized carbons (Fsp3) is 0.125. The Hall–Kier alpha value is -2.62. The lowest BCUT2D eigenvalue weighted by molar-refractivity contribution is 0.102. The molecule has 20 heavy (non-hydrogen) atoms. The summed E-state index contributed by atoms with van der Waals surface area (Å²) in [7, 11) is 0. The molecule has 0 fully saturated rings. The highest BCUT2D eigenvalue weighted by Crippen LogP contribution is 2.17. The van der Waals surface area contributed by atoms with E-state index < -0.39 is 0 Å². The van der Waals surface area contributed by atoms with Gasteiger partial charge in [0.2, 0.25) is 0 Å². The maximum Gasteiger partial charge on any atom is 0.259 e. The van der Waals surface area contributed by atoms with E-state index in [0.717, 1.165) is 17.7 Å². The lowest BCUT2D eigenvalue weighted by Crippen LogP contribution is -2.14. The molecule has 4 heteroatoms. The summed E-state index contributed by atoms with van der Waals surface area (Å²) in [6.07, 6.45) is 6.27. The van der Waals surface area contributed by atoms with E-state index in [1.807, 2.05) is 47.1 Å². The van der Waals surface area contributed by atoms with Crippen LogP contribution in [-0.4, -0.2) is 15.3 Å². The fourth-order valence-electron chi connectivity index (χ4n) is 2.27. The van der Waals surface area contributed by atoms with E-state index >= 15 is 0 Å². The van der Waals surface area contributed by atoms with Gasteiger partial charge in [-0.05, 0) is 30.2 Å². The van der Waals surface area contributed by atoms with E-state index in [9.17, 15) is 4.79 Å². The number of benzene rings is 1. The molecule has 0 spiro atoms. The van der Waals surface area contributed by atoms with Crippen molar-refractivity contribution in [2.24, 2.45) is 0 Å². The molecule has 1 aromatic carbocycles. The fourth-order valence-corrected chi connectivity index (χ4v) is 2.27. The highest BCUT2D eigenvalue weighted by atomic mass is 16.1. The van der Waals surface area contributed by atoms with Gasteiger partial charge in [0.1, 0.15) is 5.65 Å². The number of hydrogen-bond acceptors (Lipinski definition) is 2. The Balaban J connectivity index is 1.95. The molecule has 0 aliphatic heterocycles. The summed E-state index contributed by atoms with van der Waals surface area (Å²) in [6, 6.07) is 11.5. The Bertz CT molecular complexity index is 761. The summed E-state index contributed by atoms with van der Waals surface area (Å²) in [4.78, 5) is 16.7. The molecule has 1 amide bonds. The number of carbonyl (C=O) groups is 1. The Morgan fingerprint density at radius 2 is 2.05 bits per heavy atom. The highest BCUT2D eigenvalue weighted by molar-refractivity contribution is 6.08. The van der Waals surface area contributed by atoms with Gasteiger partial charge in [0.05, 0.1) is 5.56 Å². The van der Waals surface area contributed by atoms with Crippen LogP contribution < -0.4 is 5.32 Å². The van der Waals surface area contributed by atoms with Gasteiger partial charge in [-0.3, -0.25) is 4.79 Å². The Morgan fingerprint density at radius 1 is 1.20 bits per heavy atom. The van der Waals surface area contributed by atoms with Crippen LogP contribution in [0.3, 0.4) is 0 Å². The predicted molar refractivity (Wildman–Crippen MR) is 79.0 cm³/mol. The smallest absolute Gasteiger partial charge is 0.259 e. The molecule has 0 aliphatic carbocycles. The van der Waals surface area contributed by atoms with Gasteiger partial charge >= 0.3 is 0 Å². The van der Waals surface area contributed by atoms with Crippen LogP contribution in [0.2, 0.25) is 0 Å². The average Bonchev–Trinajstić information content (AvgIpc) is 2.96. The van der Waals surface area contributed by atoms with Crippen LogP contribution in [0.15, 0.2) is 55.0 Å². The molecule has 0 radical (unpaired) electrons. The van der Waals surface area contributed by atoms with E-state index in [1.54, 1.807) is 12.3 Å². The molecular formula is C16H15N3O. The number of carbonyl (C=O) groups excluding carboxylic acids is 1. The van der Waals surface area contributed by atoms with Crippen molar-refractivity contribution in [3.63, 3.8) is 0 Å². The van der Waals surface area contributed by atoms with Crippen LogP contribution in [0, 0.1) is 0 Å². The number of fused-ring (bicyclic) bond motifs is 1. The van der Waals surface area contributed by atoms with Crippen LogP contribution in [0.5, 0.6) is 0 Å². The number of pyridine rings is 1. The molecule has 0 aliphatic rings. The van der Waals surface area contributed by atoms with Gasteiger partial charge in [-0.1, -0.05) is 25.1 Å². The van der Waals surface area contributed by atoms with Gasteiger partial charge in [0.15, 0.2) is 0 Å². The first-order valence-electron chi connectivity index (χ1n) is 6.60. The van der Waals surface area contributed by atoms with E-state index in [2.05, 4.69) is 17.2 Å². The summed E-state index contributed by atoms with van der Waals surface area (Å²) in [6.45, 7) is 2.07. The van der Waals surface area contributed by atoms with Gasteiger partial charge in [-0.25, -0.2) is 4.98 Å². The zero-order valence-electron chi connectivity index (χ0n) is 11.2. The molecule has 2 heterocycles. The summed E-state index contributed by atoms with van der Waals surface area (Å²) >= 11 is 0. The molecule has 1 N–H and O–H groups in total. The van der Waals surface area contributed by atoms with E-state index in [1.165, 1.54) is 0 Å². The van der Waals surface area contributed by atoms with Gasteiger partial charge < -0.3 is 9.72 Å². The quantitative estimate of drug-likeness (QED) is 0.790. The first-order chi connectivity index (χ1) is 9.79. The first kappa shape index (κ1) is 12.4. The molecule has 0 bridgehead atoms. The average molecular weight is 265 g/mol. The SMILES string of the molecule is CCc1ccccc1NC(=O)c1cccn2ccnc12. The third-order valence-corrected chi connectivity index (χ3v) is 3.31. The van der Waals surface area contributed by atoms with E-state index in [4.69, 9.17) is 0 Å². The number of nitrogens with one attached hydrogen (secondary N) is 1. The second-order valence-electron chi connectivity index (χ2n) is 4.54. The number of aryl methyl sites for hydroxylation is 1. The summed E-state index contributed by atoms with van der Waals surface area (Å²) in [5.41, 5.74) is 3.21. The number of para-hydroxylation sites is 1. The number of rotatable bonds is 3. The van der Waals surface area contributed by atoms with Crippen molar-refractivity contribution in [1.29, 1.82) is 0 Å². The number of imidazole rings is 1. The molecule has 3 rings (SSSR count). The zero-order valence-corrected chi connectivity index (χ0v) is 11.2. The third-order valence-electron chi connectivity index (χ3n) is 3.31. The van der Waals surface area contributed by atoms with Crippen LogP contribution in [0.1, 0.15) is 22.8 Å². The van der Waals surface area contributed by atoms with Crippen molar-refractivity contribution in [2.75, 3.05) is 5.32 Å². The molecule has 0 unspecified atom stereocenters. The number of amides is 1. The number of nitrogens with zero attached hydrogens (tertiary/aromatic N) is 2. The van der Waals surface area contributed by atoms with Crippen molar-refractivity contribution < 1.29 is 4.79 Å². The number of anilines is 1. The summed E-state index contributed by atoms with van der Waals surface area (Å²) in [5, 5.41) is 2.97. The summed E-state index contributed by atoms with van der Waals surface area (Å²) < 4.78 is 1.83. The molecular weight excluding hydrogens is 250 g/mol. The van der Waals surface area contributed by atoms with E-state index in [-0.39, 0.29) is 5.91 Å². The first-order valence-corrected chi connectivity index (χ1v) is 6.60. The standard InChI is InChI=1S/C16H15N3O/c1-2-12-6-3-4-8-14(12)18-16(20)13-7-5-10-19-11-9-17-15(13)19/h3-11H,2H2,1H3,(H,18,20). The normalized spacial score (nSPS) is 10.7. The molecule has 0 saturated heterocycles. The van der Waals surface area contributed by atoms with Gasteiger partial charge in [-0.2, -0.15) is 0 Å². The molecule has 4 nitrogen and oxygen atoms in total. The highest BCUT2D eigenvalue weighted by Gasteiger charge is 2.12. The Morgan fingerprint density at radius 3 is 2.90 bits per heavy atom. The molecule has 0 atom stereocenters. The zero-order chi connectivity index (χ0) is 13.9. The Kier molecular flexibility index (Phi) is 3.21. The van der Waals surface area contributed by atoms with Gasteiger partial charge in [-0.15, -0.1) is 0 Å². The maximum absolute atomic E-state index is 12.4. The number of hydrogen-bond donors (Lipinski definition) is 1. The van der Waals surface area contributed by atoms with Gasteiger partial charge in [0.25, 0.3) is 5.91 Å². The van der Waals surface area contributed by atoms with Crippen molar-refractivity contribution in [2.45, 2.75) is 13.3 Å². The van der Waals surface area contributed by atoms with Crippen LogP contribution in [0.25, 0.3) is 5.65 Å². The molecule has 3 aromatic rings. The van der Waals surface area contributed by atoms with Gasteiger partial charge in [0, 0.05) is 24.3 Å². The summed E-state index contributed by atoms with van der Waals surface area (Å²) in [5.74, 6) is -0.136. The van der Waals surface area contributed by atoms with E-state index in [0.29, 0.717) is 11.2 Å². The molecule has 2 aromatic heterocycles. The Labute approximate surface area is 117 Å². The predicted octanol–water partition coefficient (Wildman–Crippen LogP) is 3.15.